The SMILES string of the molecule is CC(C)(C)OC(=O)N1Cc2ccccc2CC1C(=O)NCC1CCC(C(=O)NC2CCCC2)CC1. The highest BCUT2D eigenvalue weighted by Crippen LogP contribution is 2.30. The molecule has 4 rings (SSSR count). The molecule has 3 amide bonds. The number of amides is 3. The Labute approximate surface area is 209 Å². The van der Waals surface area contributed by atoms with Gasteiger partial charge in [-0.1, -0.05) is 37.1 Å². The number of hydrogen-bond donors (Lipinski definition) is 2. The van der Waals surface area contributed by atoms with Crippen molar-refractivity contribution in [1.82, 2.24) is 15.5 Å². The molecule has 2 saturated carbocycles. The molecule has 0 bridgehead atoms. The van der Waals surface area contributed by atoms with Gasteiger partial charge in [0, 0.05) is 24.9 Å². The molecule has 1 aromatic carbocycles. The van der Waals surface area contributed by atoms with Crippen molar-refractivity contribution >= 4 is 17.9 Å². The van der Waals surface area contributed by atoms with E-state index in [9.17, 15) is 14.4 Å². The van der Waals surface area contributed by atoms with E-state index < -0.39 is 17.7 Å². The maximum atomic E-state index is 13.3. The lowest BCUT2D eigenvalue weighted by molar-refractivity contribution is -0.128. The molecule has 7 heteroatoms. The van der Waals surface area contributed by atoms with Crippen molar-refractivity contribution in [1.29, 1.82) is 0 Å². The number of hydrogen-bond acceptors (Lipinski definition) is 4. The van der Waals surface area contributed by atoms with Gasteiger partial charge in [0.25, 0.3) is 0 Å². The van der Waals surface area contributed by atoms with Gasteiger partial charge in [-0.2, -0.15) is 0 Å². The topological polar surface area (TPSA) is 87.7 Å². The molecule has 0 radical (unpaired) electrons. The van der Waals surface area contributed by atoms with Gasteiger partial charge in [0.15, 0.2) is 0 Å². The Bertz CT molecular complexity index is 911. The number of rotatable bonds is 5. The fraction of sp³-hybridized carbons (Fsp3) is 0.679. The summed E-state index contributed by atoms with van der Waals surface area (Å²) in [5.74, 6) is 0.542. The molecule has 35 heavy (non-hydrogen) atoms. The van der Waals surface area contributed by atoms with Crippen LogP contribution in [-0.2, 0) is 27.3 Å². The maximum absolute atomic E-state index is 13.3. The summed E-state index contributed by atoms with van der Waals surface area (Å²) in [5.41, 5.74) is 1.52. The fourth-order valence-electron chi connectivity index (χ4n) is 5.65. The molecule has 1 unspecified atom stereocenters. The first-order valence-corrected chi connectivity index (χ1v) is 13.3. The summed E-state index contributed by atoms with van der Waals surface area (Å²) in [6.07, 6.45) is 8.30. The molecule has 192 valence electrons. The van der Waals surface area contributed by atoms with Crippen LogP contribution >= 0.6 is 0 Å². The molecule has 0 saturated heterocycles. The zero-order valence-electron chi connectivity index (χ0n) is 21.5. The number of benzene rings is 1. The minimum atomic E-state index is -0.627. The van der Waals surface area contributed by atoms with E-state index in [1.165, 1.54) is 12.8 Å². The molecule has 2 N–H and O–H groups in total. The van der Waals surface area contributed by atoms with E-state index in [0.717, 1.165) is 49.7 Å². The van der Waals surface area contributed by atoms with Crippen molar-refractivity contribution in [3.05, 3.63) is 35.4 Å². The zero-order valence-corrected chi connectivity index (χ0v) is 21.5. The number of ether oxygens (including phenoxy) is 1. The van der Waals surface area contributed by atoms with Gasteiger partial charge in [-0.3, -0.25) is 14.5 Å². The average molecular weight is 484 g/mol. The summed E-state index contributed by atoms with van der Waals surface area (Å²) >= 11 is 0. The lowest BCUT2D eigenvalue weighted by Crippen LogP contribution is -2.54. The number of carbonyl (C=O) groups is 3. The van der Waals surface area contributed by atoms with Crippen LogP contribution in [0.4, 0.5) is 4.79 Å². The third-order valence-electron chi connectivity index (χ3n) is 7.66. The highest BCUT2D eigenvalue weighted by Gasteiger charge is 2.37. The lowest BCUT2D eigenvalue weighted by atomic mass is 9.81. The zero-order chi connectivity index (χ0) is 25.0. The quantitative estimate of drug-likeness (QED) is 0.653. The van der Waals surface area contributed by atoms with E-state index in [1.807, 2.05) is 45.0 Å². The van der Waals surface area contributed by atoms with Crippen molar-refractivity contribution in [3.63, 3.8) is 0 Å². The third kappa shape index (κ3) is 6.77. The van der Waals surface area contributed by atoms with Crippen molar-refractivity contribution in [2.75, 3.05) is 6.54 Å². The van der Waals surface area contributed by atoms with Crippen molar-refractivity contribution in [3.8, 4) is 0 Å². The monoisotopic (exact) mass is 483 g/mol. The first-order chi connectivity index (χ1) is 16.7. The van der Waals surface area contributed by atoms with Gasteiger partial charge in [0.2, 0.25) is 11.8 Å². The molecule has 2 aliphatic carbocycles. The molecular weight excluding hydrogens is 442 g/mol. The molecule has 2 fully saturated rings. The fourth-order valence-corrected chi connectivity index (χ4v) is 5.65. The van der Waals surface area contributed by atoms with Crippen LogP contribution < -0.4 is 10.6 Å². The molecule has 0 aromatic heterocycles. The summed E-state index contributed by atoms with van der Waals surface area (Å²) in [6.45, 7) is 6.45. The first-order valence-electron chi connectivity index (χ1n) is 13.3. The average Bonchev–Trinajstić information content (AvgIpc) is 3.34. The van der Waals surface area contributed by atoms with E-state index in [4.69, 9.17) is 4.74 Å². The summed E-state index contributed by atoms with van der Waals surface area (Å²) < 4.78 is 5.62. The maximum Gasteiger partial charge on any atom is 0.411 e. The summed E-state index contributed by atoms with van der Waals surface area (Å²) in [6, 6.07) is 7.73. The molecule has 7 nitrogen and oxygen atoms in total. The van der Waals surface area contributed by atoms with Gasteiger partial charge in [-0.25, -0.2) is 4.79 Å². The van der Waals surface area contributed by atoms with E-state index in [2.05, 4.69) is 10.6 Å². The molecule has 1 atom stereocenters. The van der Waals surface area contributed by atoms with Crippen LogP contribution in [0.3, 0.4) is 0 Å². The molecule has 1 aliphatic heterocycles. The summed E-state index contributed by atoms with van der Waals surface area (Å²) in [4.78, 5) is 40.4. The third-order valence-corrected chi connectivity index (χ3v) is 7.66. The predicted molar refractivity (Wildman–Crippen MR) is 135 cm³/mol. The minimum Gasteiger partial charge on any atom is -0.444 e. The van der Waals surface area contributed by atoms with E-state index >= 15 is 0 Å². The molecular formula is C28H41N3O4. The second-order valence-corrected chi connectivity index (χ2v) is 11.5. The van der Waals surface area contributed by atoms with E-state index in [0.29, 0.717) is 31.5 Å². The van der Waals surface area contributed by atoms with Crippen LogP contribution in [0.2, 0.25) is 0 Å². The standard InChI is InChI=1S/C28H41N3O4/c1-28(2,3)35-27(34)31-18-22-9-5-4-8-21(22)16-24(31)26(33)29-17-19-12-14-20(15-13-19)25(32)30-23-10-6-7-11-23/h4-5,8-9,19-20,23-24H,6-7,10-18H2,1-3H3,(H,29,33)(H,30,32). The van der Waals surface area contributed by atoms with Gasteiger partial charge < -0.3 is 15.4 Å². The minimum absolute atomic E-state index is 0.0973. The number of carbonyl (C=O) groups excluding carboxylic acids is 3. The lowest BCUT2D eigenvalue weighted by Gasteiger charge is -2.37. The van der Waals surface area contributed by atoms with Gasteiger partial charge in [0.1, 0.15) is 11.6 Å². The number of nitrogens with one attached hydrogen (secondary N) is 2. The largest absolute Gasteiger partial charge is 0.444 e. The van der Waals surface area contributed by atoms with Crippen LogP contribution in [0.15, 0.2) is 24.3 Å². The second-order valence-electron chi connectivity index (χ2n) is 11.5. The van der Waals surface area contributed by atoms with Crippen molar-refractivity contribution in [2.45, 2.75) is 103 Å². The smallest absolute Gasteiger partial charge is 0.411 e. The normalized spacial score (nSPS) is 25.0. The molecule has 1 heterocycles. The molecule has 1 aromatic rings. The van der Waals surface area contributed by atoms with E-state index in [-0.39, 0.29) is 17.7 Å². The highest BCUT2D eigenvalue weighted by atomic mass is 16.6. The highest BCUT2D eigenvalue weighted by molar-refractivity contribution is 5.86. The van der Waals surface area contributed by atoms with Crippen molar-refractivity contribution in [2.24, 2.45) is 11.8 Å². The van der Waals surface area contributed by atoms with Gasteiger partial charge >= 0.3 is 6.09 Å². The summed E-state index contributed by atoms with van der Waals surface area (Å²) in [7, 11) is 0. The Balaban J connectivity index is 1.30. The number of nitrogens with zero attached hydrogens (tertiary/aromatic N) is 1. The Hall–Kier alpha value is -2.57. The Morgan fingerprint density at radius 1 is 0.943 bits per heavy atom. The predicted octanol–water partition coefficient (Wildman–Crippen LogP) is 4.33. The van der Waals surface area contributed by atoms with E-state index in [1.54, 1.807) is 4.90 Å². The summed E-state index contributed by atoms with van der Waals surface area (Å²) in [5, 5.41) is 6.35. The van der Waals surface area contributed by atoms with Gasteiger partial charge in [0.05, 0.1) is 6.54 Å². The van der Waals surface area contributed by atoms with Crippen molar-refractivity contribution < 1.29 is 19.1 Å². The Morgan fingerprint density at radius 3 is 2.26 bits per heavy atom. The van der Waals surface area contributed by atoms with Crippen LogP contribution in [0.25, 0.3) is 0 Å². The Morgan fingerprint density at radius 2 is 1.60 bits per heavy atom. The van der Waals surface area contributed by atoms with Crippen LogP contribution in [0, 0.1) is 11.8 Å². The second kappa shape index (κ2) is 11.0. The van der Waals surface area contributed by atoms with Crippen LogP contribution in [0.1, 0.15) is 83.3 Å². The Kier molecular flexibility index (Phi) is 8.02. The number of fused-ring (bicyclic) bond motifs is 1. The van der Waals surface area contributed by atoms with Gasteiger partial charge in [-0.15, -0.1) is 0 Å². The molecule has 3 aliphatic rings. The van der Waals surface area contributed by atoms with Crippen LogP contribution in [-0.4, -0.2) is 47.0 Å². The van der Waals surface area contributed by atoms with Gasteiger partial charge in [-0.05, 0) is 76.3 Å². The molecule has 0 spiro atoms. The van der Waals surface area contributed by atoms with Crippen LogP contribution in [0.5, 0.6) is 0 Å². The first kappa shape index (κ1) is 25.5.